The first-order chi connectivity index (χ1) is 7.66. The molecule has 1 atom stereocenters. The summed E-state index contributed by atoms with van der Waals surface area (Å²) >= 11 is 7.54. The van der Waals surface area contributed by atoms with E-state index in [4.69, 9.17) is 11.6 Å². The monoisotopic (exact) mass is 294 g/mol. The Bertz CT molecular complexity index is 339. The van der Waals surface area contributed by atoms with Crippen molar-refractivity contribution >= 4 is 35.3 Å². The molecule has 98 valence electrons. The molecular formula is C12H20Cl2N2S. The maximum Gasteiger partial charge on any atom is 0.0931 e. The van der Waals surface area contributed by atoms with E-state index >= 15 is 0 Å². The van der Waals surface area contributed by atoms with Gasteiger partial charge in [0.2, 0.25) is 0 Å². The first-order valence-electron chi connectivity index (χ1n) is 5.83. The molecule has 0 aromatic carbocycles. The highest BCUT2D eigenvalue weighted by Gasteiger charge is 2.28. The highest BCUT2D eigenvalue weighted by atomic mass is 35.5. The molecule has 1 heterocycles. The Hall–Kier alpha value is 0.200. The number of nitrogens with zero attached hydrogens (tertiary/aromatic N) is 1. The van der Waals surface area contributed by atoms with Crippen LogP contribution in [-0.2, 0) is 6.54 Å². The predicted octanol–water partition coefficient (Wildman–Crippen LogP) is 3.40. The summed E-state index contributed by atoms with van der Waals surface area (Å²) in [5, 5.41) is 3.49. The van der Waals surface area contributed by atoms with E-state index < -0.39 is 0 Å². The lowest BCUT2D eigenvalue weighted by atomic mass is 10.3. The van der Waals surface area contributed by atoms with E-state index in [0.717, 1.165) is 23.5 Å². The quantitative estimate of drug-likeness (QED) is 0.865. The minimum absolute atomic E-state index is 0. The molecule has 2 nitrogen and oxygen atoms in total. The van der Waals surface area contributed by atoms with Gasteiger partial charge in [-0.25, -0.2) is 0 Å². The number of likely N-dealkylation sites (N-methyl/N-ethyl adjacent to an activating group) is 1. The van der Waals surface area contributed by atoms with Crippen molar-refractivity contribution in [2.45, 2.75) is 38.4 Å². The zero-order chi connectivity index (χ0) is 11.5. The van der Waals surface area contributed by atoms with Crippen LogP contribution in [0, 0.1) is 0 Å². The van der Waals surface area contributed by atoms with Crippen molar-refractivity contribution in [3.63, 3.8) is 0 Å². The highest BCUT2D eigenvalue weighted by molar-refractivity contribution is 7.16. The van der Waals surface area contributed by atoms with Gasteiger partial charge in [0.15, 0.2) is 0 Å². The topological polar surface area (TPSA) is 15.3 Å². The van der Waals surface area contributed by atoms with Gasteiger partial charge in [-0.05, 0) is 38.9 Å². The Labute approximate surface area is 119 Å². The van der Waals surface area contributed by atoms with Crippen molar-refractivity contribution in [1.82, 2.24) is 10.2 Å². The van der Waals surface area contributed by atoms with Gasteiger partial charge in [0.25, 0.3) is 0 Å². The van der Waals surface area contributed by atoms with Crippen LogP contribution in [0.5, 0.6) is 0 Å². The summed E-state index contributed by atoms with van der Waals surface area (Å²) in [6.07, 6.45) is 2.75. The first-order valence-corrected chi connectivity index (χ1v) is 7.03. The van der Waals surface area contributed by atoms with Crippen LogP contribution >= 0.6 is 35.3 Å². The third kappa shape index (κ3) is 4.76. The van der Waals surface area contributed by atoms with Crippen molar-refractivity contribution in [2.75, 3.05) is 13.6 Å². The lowest BCUT2D eigenvalue weighted by Gasteiger charge is -2.24. The summed E-state index contributed by atoms with van der Waals surface area (Å²) in [5.74, 6) is 0. The van der Waals surface area contributed by atoms with Crippen LogP contribution in [-0.4, -0.2) is 30.6 Å². The minimum atomic E-state index is 0. The average Bonchev–Trinajstić information content (AvgIpc) is 3.02. The van der Waals surface area contributed by atoms with Gasteiger partial charge in [-0.1, -0.05) is 11.6 Å². The zero-order valence-corrected chi connectivity index (χ0v) is 12.7. The molecule has 1 unspecified atom stereocenters. The van der Waals surface area contributed by atoms with Gasteiger partial charge in [-0.3, -0.25) is 4.90 Å². The van der Waals surface area contributed by atoms with Gasteiger partial charge < -0.3 is 5.32 Å². The molecule has 17 heavy (non-hydrogen) atoms. The lowest BCUT2D eigenvalue weighted by molar-refractivity contribution is 0.241. The van der Waals surface area contributed by atoms with Gasteiger partial charge in [-0.2, -0.15) is 0 Å². The molecule has 5 heteroatoms. The molecule has 2 rings (SSSR count). The van der Waals surface area contributed by atoms with Crippen LogP contribution < -0.4 is 5.32 Å². The molecule has 1 aliphatic rings. The van der Waals surface area contributed by atoms with Crippen LogP contribution in [0.25, 0.3) is 0 Å². The number of hydrogen-bond donors (Lipinski definition) is 1. The number of hydrogen-bond acceptors (Lipinski definition) is 3. The van der Waals surface area contributed by atoms with E-state index in [2.05, 4.69) is 30.3 Å². The standard InChI is InChI=1S/C12H19ClN2S.ClH/c1-9(15(2)10-3-4-10)7-14-8-11-5-6-12(13)16-11;/h5-6,9-10,14H,3-4,7-8H2,1-2H3;1H. The van der Waals surface area contributed by atoms with Crippen molar-refractivity contribution < 1.29 is 0 Å². The number of halogens is 2. The molecule has 0 amide bonds. The van der Waals surface area contributed by atoms with Crippen LogP contribution in [0.4, 0.5) is 0 Å². The molecule has 1 fully saturated rings. The average molecular weight is 295 g/mol. The summed E-state index contributed by atoms with van der Waals surface area (Å²) in [7, 11) is 2.23. The van der Waals surface area contributed by atoms with E-state index in [1.165, 1.54) is 17.7 Å². The number of thiophene rings is 1. The second-order valence-corrected chi connectivity index (χ2v) is 6.38. The molecule has 1 aromatic rings. The van der Waals surface area contributed by atoms with Crippen LogP contribution in [0.15, 0.2) is 12.1 Å². The van der Waals surface area contributed by atoms with E-state index in [9.17, 15) is 0 Å². The van der Waals surface area contributed by atoms with E-state index in [-0.39, 0.29) is 12.4 Å². The van der Waals surface area contributed by atoms with E-state index in [1.54, 1.807) is 11.3 Å². The van der Waals surface area contributed by atoms with E-state index in [0.29, 0.717) is 6.04 Å². The fourth-order valence-corrected chi connectivity index (χ4v) is 2.89. The van der Waals surface area contributed by atoms with Crippen LogP contribution in [0.3, 0.4) is 0 Å². The minimum Gasteiger partial charge on any atom is -0.310 e. The third-order valence-corrected chi connectivity index (χ3v) is 4.42. The molecule has 0 aliphatic heterocycles. The van der Waals surface area contributed by atoms with Gasteiger partial charge in [0.1, 0.15) is 0 Å². The number of rotatable bonds is 6. The third-order valence-electron chi connectivity index (χ3n) is 3.19. The highest BCUT2D eigenvalue weighted by Crippen LogP contribution is 2.26. The summed E-state index contributed by atoms with van der Waals surface area (Å²) in [6, 6.07) is 5.51. The largest absolute Gasteiger partial charge is 0.310 e. The maximum absolute atomic E-state index is 5.88. The molecule has 0 saturated heterocycles. The molecule has 0 bridgehead atoms. The second kappa shape index (κ2) is 6.95. The SMILES string of the molecule is CC(CNCc1ccc(Cl)s1)N(C)C1CC1.Cl. The van der Waals surface area contributed by atoms with Crippen molar-refractivity contribution in [3.05, 3.63) is 21.3 Å². The summed E-state index contributed by atoms with van der Waals surface area (Å²) in [6.45, 7) is 4.26. The molecule has 0 spiro atoms. The predicted molar refractivity (Wildman–Crippen MR) is 78.5 cm³/mol. The number of nitrogens with one attached hydrogen (secondary N) is 1. The summed E-state index contributed by atoms with van der Waals surface area (Å²) < 4.78 is 0.875. The Morgan fingerprint density at radius 1 is 1.53 bits per heavy atom. The van der Waals surface area contributed by atoms with Gasteiger partial charge in [0.05, 0.1) is 4.34 Å². The maximum atomic E-state index is 5.88. The fraction of sp³-hybridized carbons (Fsp3) is 0.667. The van der Waals surface area contributed by atoms with Crippen LogP contribution in [0.2, 0.25) is 4.34 Å². The fourth-order valence-electron chi connectivity index (χ4n) is 1.84. The first kappa shape index (κ1) is 15.3. The normalized spacial score (nSPS) is 16.9. The van der Waals surface area contributed by atoms with Crippen molar-refractivity contribution in [2.24, 2.45) is 0 Å². The Kier molecular flexibility index (Phi) is 6.24. The summed E-state index contributed by atoms with van der Waals surface area (Å²) in [4.78, 5) is 3.79. The Morgan fingerprint density at radius 3 is 2.76 bits per heavy atom. The smallest absolute Gasteiger partial charge is 0.0931 e. The molecule has 1 N–H and O–H groups in total. The molecule has 1 saturated carbocycles. The zero-order valence-electron chi connectivity index (χ0n) is 10.3. The molecular weight excluding hydrogens is 275 g/mol. The second-order valence-electron chi connectivity index (χ2n) is 4.58. The molecule has 1 aromatic heterocycles. The molecule has 0 radical (unpaired) electrons. The van der Waals surface area contributed by atoms with Gasteiger partial charge in [-0.15, -0.1) is 23.7 Å². The summed E-state index contributed by atoms with van der Waals surface area (Å²) in [5.41, 5.74) is 0. The van der Waals surface area contributed by atoms with Crippen molar-refractivity contribution in [1.29, 1.82) is 0 Å². The lowest BCUT2D eigenvalue weighted by Crippen LogP contribution is -2.38. The van der Waals surface area contributed by atoms with Crippen molar-refractivity contribution in [3.8, 4) is 0 Å². The molecule has 1 aliphatic carbocycles. The van der Waals surface area contributed by atoms with Gasteiger partial charge >= 0.3 is 0 Å². The Morgan fingerprint density at radius 2 is 2.24 bits per heavy atom. The van der Waals surface area contributed by atoms with E-state index in [1.807, 2.05) is 6.07 Å². The van der Waals surface area contributed by atoms with Gasteiger partial charge in [0, 0.05) is 30.1 Å². The van der Waals surface area contributed by atoms with Crippen LogP contribution in [0.1, 0.15) is 24.6 Å². The Balaban J connectivity index is 0.00000144.